The van der Waals surface area contributed by atoms with Gasteiger partial charge in [-0.2, -0.15) is 0 Å². The minimum Gasteiger partial charge on any atom is -0.507 e. The minimum absolute atomic E-state index is 0.0613. The fraction of sp³-hybridized carbons (Fsp3) is 0.500. The maximum absolute atomic E-state index is 13.1. The van der Waals surface area contributed by atoms with E-state index in [1.165, 1.54) is 37.0 Å². The summed E-state index contributed by atoms with van der Waals surface area (Å²) >= 11 is 1.43. The van der Waals surface area contributed by atoms with Crippen LogP contribution in [0.1, 0.15) is 54.6 Å². The van der Waals surface area contributed by atoms with Crippen LogP contribution in [-0.4, -0.2) is 33.5 Å². The third kappa shape index (κ3) is 3.06. The van der Waals surface area contributed by atoms with Crippen LogP contribution >= 0.6 is 11.3 Å². The molecule has 0 radical (unpaired) electrons. The number of para-hydroxylation sites is 1. The number of nitrogens with zero attached hydrogens (tertiary/aromatic N) is 2. The molecule has 2 atom stereocenters. The number of benzene rings is 1. The Kier molecular flexibility index (Phi) is 4.50. The average molecular weight is 356 g/mol. The van der Waals surface area contributed by atoms with Gasteiger partial charge in [-0.05, 0) is 50.2 Å². The Bertz CT molecular complexity index is 784. The zero-order chi connectivity index (χ0) is 17.4. The summed E-state index contributed by atoms with van der Waals surface area (Å²) in [6.07, 6.45) is 7.28. The van der Waals surface area contributed by atoms with Crippen molar-refractivity contribution in [3.05, 3.63) is 34.8 Å². The van der Waals surface area contributed by atoms with Crippen molar-refractivity contribution in [2.24, 2.45) is 5.92 Å². The first-order valence-corrected chi connectivity index (χ1v) is 10.1. The monoisotopic (exact) mass is 356 g/mol. The topological polar surface area (TPSA) is 53.4 Å². The van der Waals surface area contributed by atoms with Gasteiger partial charge in [0, 0.05) is 18.0 Å². The summed E-state index contributed by atoms with van der Waals surface area (Å²) in [6, 6.07) is 6.03. The number of thiazole rings is 1. The number of fused-ring (bicyclic) bond motifs is 1. The highest BCUT2D eigenvalue weighted by Gasteiger charge is 2.36. The van der Waals surface area contributed by atoms with Crippen molar-refractivity contribution in [2.45, 2.75) is 51.5 Å². The molecule has 1 aromatic carbocycles. The van der Waals surface area contributed by atoms with Crippen molar-refractivity contribution in [1.82, 2.24) is 9.88 Å². The number of rotatable bonds is 2. The molecule has 2 heterocycles. The van der Waals surface area contributed by atoms with Crippen molar-refractivity contribution in [3.8, 4) is 16.3 Å². The van der Waals surface area contributed by atoms with E-state index in [2.05, 4.69) is 9.88 Å². The van der Waals surface area contributed by atoms with E-state index in [1.807, 2.05) is 30.5 Å². The number of likely N-dealkylation sites (tertiary alicyclic amines) is 1. The van der Waals surface area contributed by atoms with E-state index in [-0.39, 0.29) is 11.7 Å². The smallest absolute Gasteiger partial charge is 0.273 e. The van der Waals surface area contributed by atoms with Crippen LogP contribution in [0.4, 0.5) is 0 Å². The zero-order valence-electron chi connectivity index (χ0n) is 14.6. The van der Waals surface area contributed by atoms with Crippen LogP contribution in [0.15, 0.2) is 23.6 Å². The number of piperidine rings is 1. The molecule has 2 aliphatic rings. The molecule has 132 valence electrons. The van der Waals surface area contributed by atoms with Crippen LogP contribution in [-0.2, 0) is 0 Å². The molecule has 1 saturated heterocycles. The molecule has 1 aromatic heterocycles. The lowest BCUT2D eigenvalue weighted by Crippen LogP contribution is -2.49. The van der Waals surface area contributed by atoms with Crippen molar-refractivity contribution in [1.29, 1.82) is 0 Å². The molecule has 1 aliphatic carbocycles. The molecule has 1 aliphatic heterocycles. The molecule has 1 saturated carbocycles. The normalized spacial score (nSPS) is 23.3. The van der Waals surface area contributed by atoms with Crippen LogP contribution in [0, 0.1) is 12.8 Å². The number of aromatic hydroxyl groups is 1. The van der Waals surface area contributed by atoms with Gasteiger partial charge in [0.15, 0.2) is 0 Å². The van der Waals surface area contributed by atoms with Gasteiger partial charge in [-0.15, -0.1) is 11.3 Å². The first-order valence-electron chi connectivity index (χ1n) is 9.20. The number of aryl methyl sites for hydroxylation is 1. The number of hydrogen-bond donors (Lipinski definition) is 1. The Morgan fingerprint density at radius 1 is 1.24 bits per heavy atom. The van der Waals surface area contributed by atoms with E-state index >= 15 is 0 Å². The number of carbonyl (C=O) groups is 1. The van der Waals surface area contributed by atoms with Gasteiger partial charge in [0.25, 0.3) is 5.91 Å². The van der Waals surface area contributed by atoms with E-state index < -0.39 is 0 Å². The fourth-order valence-electron chi connectivity index (χ4n) is 4.35. The number of carbonyl (C=O) groups excluding carboxylic acids is 1. The summed E-state index contributed by atoms with van der Waals surface area (Å²) in [5.41, 5.74) is 2.05. The maximum atomic E-state index is 13.1. The first-order chi connectivity index (χ1) is 12.1. The number of phenols is 1. The van der Waals surface area contributed by atoms with Crippen molar-refractivity contribution in [2.75, 3.05) is 6.54 Å². The third-order valence-corrected chi connectivity index (χ3v) is 6.57. The van der Waals surface area contributed by atoms with Crippen molar-refractivity contribution >= 4 is 17.2 Å². The van der Waals surface area contributed by atoms with E-state index in [9.17, 15) is 9.90 Å². The lowest BCUT2D eigenvalue weighted by atomic mass is 9.78. The SMILES string of the molecule is Cc1cccc(-c2nc(C(=O)N3CCCC4CCCCC43)cs2)c1O. The van der Waals surface area contributed by atoms with E-state index in [1.54, 1.807) is 0 Å². The summed E-state index contributed by atoms with van der Waals surface area (Å²) in [5.74, 6) is 0.984. The largest absolute Gasteiger partial charge is 0.507 e. The fourth-order valence-corrected chi connectivity index (χ4v) is 5.17. The summed E-state index contributed by atoms with van der Waals surface area (Å²) in [7, 11) is 0. The van der Waals surface area contributed by atoms with Crippen LogP contribution in [0.2, 0.25) is 0 Å². The van der Waals surface area contributed by atoms with Gasteiger partial charge in [0.1, 0.15) is 16.5 Å². The average Bonchev–Trinajstić information content (AvgIpc) is 3.13. The molecule has 2 fully saturated rings. The van der Waals surface area contributed by atoms with Crippen LogP contribution in [0.5, 0.6) is 5.75 Å². The highest BCUT2D eigenvalue weighted by molar-refractivity contribution is 7.13. The maximum Gasteiger partial charge on any atom is 0.273 e. The molecular weight excluding hydrogens is 332 g/mol. The number of aromatic nitrogens is 1. The Morgan fingerprint density at radius 2 is 2.04 bits per heavy atom. The van der Waals surface area contributed by atoms with Crippen molar-refractivity contribution in [3.63, 3.8) is 0 Å². The molecule has 2 unspecified atom stereocenters. The molecule has 0 bridgehead atoms. The number of amides is 1. The van der Waals surface area contributed by atoms with Gasteiger partial charge in [-0.3, -0.25) is 4.79 Å². The van der Waals surface area contributed by atoms with Crippen LogP contribution < -0.4 is 0 Å². The van der Waals surface area contributed by atoms with E-state index in [0.717, 1.165) is 24.9 Å². The third-order valence-electron chi connectivity index (χ3n) is 5.70. The van der Waals surface area contributed by atoms with Gasteiger partial charge in [0.2, 0.25) is 0 Å². The summed E-state index contributed by atoms with van der Waals surface area (Å²) in [4.78, 5) is 19.7. The molecule has 2 aromatic rings. The summed E-state index contributed by atoms with van der Waals surface area (Å²) in [6.45, 7) is 2.72. The Balaban J connectivity index is 1.59. The predicted molar refractivity (Wildman–Crippen MR) is 100.0 cm³/mol. The van der Waals surface area contributed by atoms with E-state index in [4.69, 9.17) is 0 Å². The second kappa shape index (κ2) is 6.79. The standard InChI is InChI=1S/C20H24N2O2S/c1-13-6-4-9-15(18(13)23)19-21-16(12-25-19)20(24)22-11-5-8-14-7-2-3-10-17(14)22/h4,6,9,12,14,17,23H,2-3,5,7-8,10-11H2,1H3. The molecule has 0 spiro atoms. The zero-order valence-corrected chi connectivity index (χ0v) is 15.4. The molecule has 25 heavy (non-hydrogen) atoms. The molecule has 1 amide bonds. The van der Waals surface area contributed by atoms with Gasteiger partial charge in [-0.25, -0.2) is 4.98 Å². The second-order valence-corrected chi connectivity index (χ2v) is 8.12. The Morgan fingerprint density at radius 3 is 2.92 bits per heavy atom. The molecular formula is C20H24N2O2S. The lowest BCUT2D eigenvalue weighted by Gasteiger charge is -2.43. The molecule has 1 N–H and O–H groups in total. The van der Waals surface area contributed by atoms with Gasteiger partial charge in [0.05, 0.1) is 5.56 Å². The predicted octanol–water partition coefficient (Wildman–Crippen LogP) is 4.62. The Hall–Kier alpha value is -1.88. The summed E-state index contributed by atoms with van der Waals surface area (Å²) in [5, 5.41) is 12.8. The lowest BCUT2D eigenvalue weighted by molar-refractivity contribution is 0.0386. The minimum atomic E-state index is 0.0613. The van der Waals surface area contributed by atoms with Gasteiger partial charge in [-0.1, -0.05) is 25.0 Å². The molecule has 4 rings (SSSR count). The summed E-state index contributed by atoms with van der Waals surface area (Å²) < 4.78 is 0. The highest BCUT2D eigenvalue weighted by Crippen LogP contribution is 2.37. The van der Waals surface area contributed by atoms with Gasteiger partial charge >= 0.3 is 0 Å². The highest BCUT2D eigenvalue weighted by atomic mass is 32.1. The molecule has 4 nitrogen and oxygen atoms in total. The van der Waals surface area contributed by atoms with Crippen LogP contribution in [0.3, 0.4) is 0 Å². The van der Waals surface area contributed by atoms with Crippen LogP contribution in [0.25, 0.3) is 10.6 Å². The molecule has 5 heteroatoms. The number of phenolic OH excluding ortho intramolecular Hbond substituents is 1. The van der Waals surface area contributed by atoms with E-state index in [0.29, 0.717) is 28.2 Å². The second-order valence-electron chi connectivity index (χ2n) is 7.26. The van der Waals surface area contributed by atoms with Crippen molar-refractivity contribution < 1.29 is 9.90 Å². The van der Waals surface area contributed by atoms with Gasteiger partial charge < -0.3 is 10.0 Å². The Labute approximate surface area is 152 Å². The first kappa shape index (κ1) is 16.6. The number of hydrogen-bond acceptors (Lipinski definition) is 4. The quantitative estimate of drug-likeness (QED) is 0.854.